The van der Waals surface area contributed by atoms with Crippen LogP contribution >= 0.6 is 11.3 Å². The minimum absolute atomic E-state index is 0. The van der Waals surface area contributed by atoms with Gasteiger partial charge in [-0.3, -0.25) is 0 Å². The van der Waals surface area contributed by atoms with Gasteiger partial charge in [-0.2, -0.15) is 0 Å². The molecule has 58 heavy (non-hydrogen) atoms. The normalized spacial score (nSPS) is 12.1. The number of fused-ring (bicyclic) bond motifs is 5. The van der Waals surface area contributed by atoms with Crippen LogP contribution in [-0.2, 0) is 38.4 Å². The van der Waals surface area contributed by atoms with Crippen molar-refractivity contribution in [3.05, 3.63) is 136 Å². The van der Waals surface area contributed by atoms with E-state index in [1.54, 1.807) is 11.3 Å². The molecule has 0 N–H and O–H groups in total. The Balaban J connectivity index is 0.000000251. The summed E-state index contributed by atoms with van der Waals surface area (Å²) in [5.74, 6) is 0. The van der Waals surface area contributed by atoms with E-state index in [1.165, 1.54) is 38.9 Å². The quantitative estimate of drug-likeness (QED) is 0.161. The molecule has 4 heterocycles. The molecule has 8 rings (SSSR count). The summed E-state index contributed by atoms with van der Waals surface area (Å²) in [6, 6.07) is 34.3. The fourth-order valence-corrected chi connectivity index (χ4v) is 8.50. The predicted molar refractivity (Wildman–Crippen MR) is 242 cm³/mol. The molecule has 0 unspecified atom stereocenters. The number of pyridine rings is 2. The minimum atomic E-state index is -0.00839. The van der Waals surface area contributed by atoms with Gasteiger partial charge in [0, 0.05) is 48.9 Å². The first-order valence-electron chi connectivity index (χ1n) is 20.0. The Morgan fingerprint density at radius 3 is 2.00 bits per heavy atom. The molecule has 0 bridgehead atoms. The van der Waals surface area contributed by atoms with Gasteiger partial charge in [-0.05, 0) is 82.8 Å². The number of rotatable bonds is 5. The van der Waals surface area contributed by atoms with Gasteiger partial charge in [0.1, 0.15) is 11.1 Å². The Bertz CT molecular complexity index is 2680. The Labute approximate surface area is 362 Å². The van der Waals surface area contributed by atoms with Gasteiger partial charge >= 0.3 is 0 Å². The second kappa shape index (κ2) is 16.6. The van der Waals surface area contributed by atoms with Crippen molar-refractivity contribution >= 4 is 43.5 Å². The molecule has 301 valence electrons. The summed E-state index contributed by atoms with van der Waals surface area (Å²) in [6.07, 6.45) is 6.03. The van der Waals surface area contributed by atoms with Crippen molar-refractivity contribution in [1.29, 1.82) is 0 Å². The first-order valence-corrected chi connectivity index (χ1v) is 20.8. The fourth-order valence-electron chi connectivity index (χ4n) is 7.48. The van der Waals surface area contributed by atoms with Crippen molar-refractivity contribution in [2.75, 3.05) is 0 Å². The molecule has 0 amide bonds. The van der Waals surface area contributed by atoms with E-state index in [0.29, 0.717) is 5.41 Å². The number of aromatic nitrogens is 3. The maximum atomic E-state index is 6.64. The number of thiazole rings is 1. The van der Waals surface area contributed by atoms with Crippen LogP contribution in [0.1, 0.15) is 95.1 Å². The van der Waals surface area contributed by atoms with E-state index < -0.39 is 0 Å². The van der Waals surface area contributed by atoms with Gasteiger partial charge in [0.15, 0.2) is 0 Å². The molecule has 0 atom stereocenters. The number of hydrogen-bond acceptors (Lipinski definition) is 5. The van der Waals surface area contributed by atoms with E-state index in [1.807, 2.05) is 18.3 Å². The largest absolute Gasteiger partial charge is 0.498 e. The van der Waals surface area contributed by atoms with Gasteiger partial charge < -0.3 is 14.4 Å². The summed E-state index contributed by atoms with van der Waals surface area (Å²) in [5, 5.41) is 3.28. The van der Waals surface area contributed by atoms with Crippen molar-refractivity contribution in [1.82, 2.24) is 15.0 Å². The van der Waals surface area contributed by atoms with Crippen LogP contribution in [0.2, 0.25) is 0 Å². The second-order valence-electron chi connectivity index (χ2n) is 19.1. The molecular formula is C52H55IrN3OS-2. The first-order chi connectivity index (χ1) is 26.8. The van der Waals surface area contributed by atoms with Crippen molar-refractivity contribution in [3.8, 4) is 33.6 Å². The van der Waals surface area contributed by atoms with Crippen LogP contribution in [0.5, 0.6) is 0 Å². The van der Waals surface area contributed by atoms with Crippen LogP contribution in [0.3, 0.4) is 0 Å². The third kappa shape index (κ3) is 9.52. The molecule has 0 aliphatic rings. The molecule has 4 aromatic carbocycles. The van der Waals surface area contributed by atoms with Gasteiger partial charge in [-0.1, -0.05) is 123 Å². The average molecular weight is 962 g/mol. The average Bonchev–Trinajstić information content (AvgIpc) is 3.75. The summed E-state index contributed by atoms with van der Waals surface area (Å²) in [5.41, 5.74) is 15.7. The topological polar surface area (TPSA) is 51.8 Å². The molecule has 8 aromatic rings. The Kier molecular flexibility index (Phi) is 12.4. The smallest absolute Gasteiger partial charge is 0.148 e. The standard InChI is InChI=1S/C35H35N2OS.C17H20N.Ir/c1-20-11-9-12-21(2)29(20)26-19-36-27(17-22(26)18-34(3,4)5)25-14-10-13-23-24-15-16-28-30(32(24)38-31(23)25)37-33(39-28)35(6,7)8;1-13-5-8-15(9-6-13)16-10-7-14(12-18-16)11-17(2,3)4;/h9-13,15-17,19H,18H2,1-8H3;5-8,10,12H,11H2,1-4H3;/q2*-1;. The van der Waals surface area contributed by atoms with Gasteiger partial charge in [-0.25, -0.2) is 4.98 Å². The summed E-state index contributed by atoms with van der Waals surface area (Å²) >= 11 is 1.75. The van der Waals surface area contributed by atoms with Crippen molar-refractivity contribution in [3.63, 3.8) is 0 Å². The van der Waals surface area contributed by atoms with Crippen LogP contribution in [0.25, 0.3) is 65.8 Å². The minimum Gasteiger partial charge on any atom is -0.498 e. The second-order valence-corrected chi connectivity index (χ2v) is 20.1. The molecule has 1 radical (unpaired) electrons. The number of benzene rings is 4. The Morgan fingerprint density at radius 1 is 0.690 bits per heavy atom. The molecule has 4 nitrogen and oxygen atoms in total. The third-order valence-electron chi connectivity index (χ3n) is 10.1. The first kappa shape index (κ1) is 43.1. The maximum absolute atomic E-state index is 6.64. The molecule has 0 aliphatic heterocycles. The molecular weight excluding hydrogens is 907 g/mol. The van der Waals surface area contributed by atoms with Crippen LogP contribution in [-0.4, -0.2) is 15.0 Å². The van der Waals surface area contributed by atoms with E-state index in [9.17, 15) is 0 Å². The SMILES string of the molecule is Cc1c[c-]c(-c2ccc(CC(C)(C)C)cn2)cc1.Cc1cccc(C)c1-c1cnc(-c2[c-]ccc3c2oc2c3ccc3sc(C(C)(C)C)nc32)cc1CC(C)(C)C.[Ir]. The number of furan rings is 1. The van der Waals surface area contributed by atoms with Gasteiger partial charge in [0.2, 0.25) is 0 Å². The monoisotopic (exact) mass is 962 g/mol. The summed E-state index contributed by atoms with van der Waals surface area (Å²) in [4.78, 5) is 14.6. The number of hydrogen-bond donors (Lipinski definition) is 0. The van der Waals surface area contributed by atoms with Crippen LogP contribution in [0.15, 0.2) is 95.7 Å². The Hall–Kier alpha value is -4.48. The van der Waals surface area contributed by atoms with Crippen molar-refractivity contribution in [2.24, 2.45) is 10.8 Å². The van der Waals surface area contributed by atoms with E-state index >= 15 is 0 Å². The Morgan fingerprint density at radius 2 is 1.38 bits per heavy atom. The van der Waals surface area contributed by atoms with Gasteiger partial charge in [0.25, 0.3) is 0 Å². The van der Waals surface area contributed by atoms with Crippen LogP contribution in [0.4, 0.5) is 0 Å². The number of nitrogens with zero attached hydrogens (tertiary/aromatic N) is 3. The van der Waals surface area contributed by atoms with Crippen molar-refractivity contribution in [2.45, 2.75) is 101 Å². The molecule has 0 saturated carbocycles. The zero-order valence-corrected chi connectivity index (χ0v) is 39.3. The molecule has 0 aliphatic carbocycles. The predicted octanol–water partition coefficient (Wildman–Crippen LogP) is 14.7. The maximum Gasteiger partial charge on any atom is 0.148 e. The van der Waals surface area contributed by atoms with E-state index in [2.05, 4.69) is 173 Å². The summed E-state index contributed by atoms with van der Waals surface area (Å²) < 4.78 is 7.80. The molecule has 4 aromatic heterocycles. The van der Waals surface area contributed by atoms with E-state index in [-0.39, 0.29) is 30.9 Å². The molecule has 0 fully saturated rings. The fraction of sp³-hybridized carbons (Fsp3) is 0.327. The third-order valence-corrected chi connectivity index (χ3v) is 11.6. The van der Waals surface area contributed by atoms with E-state index in [0.717, 1.165) is 72.5 Å². The molecule has 0 saturated heterocycles. The number of aryl methyl sites for hydroxylation is 3. The van der Waals surface area contributed by atoms with Crippen LogP contribution < -0.4 is 0 Å². The van der Waals surface area contributed by atoms with Crippen molar-refractivity contribution < 1.29 is 24.5 Å². The molecule has 0 spiro atoms. The van der Waals surface area contributed by atoms with Gasteiger partial charge in [-0.15, -0.1) is 64.9 Å². The summed E-state index contributed by atoms with van der Waals surface area (Å²) in [7, 11) is 0. The van der Waals surface area contributed by atoms with E-state index in [4.69, 9.17) is 14.4 Å². The molecule has 6 heteroatoms. The zero-order valence-electron chi connectivity index (χ0n) is 36.1. The zero-order chi connectivity index (χ0) is 40.9. The van der Waals surface area contributed by atoms with Crippen LogP contribution in [0, 0.1) is 43.7 Å². The summed E-state index contributed by atoms with van der Waals surface area (Å²) in [6.45, 7) is 26.7. The van der Waals surface area contributed by atoms with Gasteiger partial charge in [0.05, 0.1) is 15.3 Å².